The van der Waals surface area contributed by atoms with Crippen LogP contribution in [0.2, 0.25) is 0 Å². The van der Waals surface area contributed by atoms with Gasteiger partial charge in [0.1, 0.15) is 13.2 Å². The zero-order chi connectivity index (χ0) is 46.5. The molecular weight excluding hydrogens is 793 g/mol. The van der Waals surface area contributed by atoms with Crippen LogP contribution in [0, 0.1) is 0 Å². The van der Waals surface area contributed by atoms with Crippen molar-refractivity contribution < 1.29 is 28.6 Å². The van der Waals surface area contributed by atoms with Gasteiger partial charge in [0.25, 0.3) is 0 Å². The van der Waals surface area contributed by atoms with Crippen LogP contribution in [0.5, 0.6) is 0 Å². The molecule has 0 spiro atoms. The molecule has 0 saturated carbocycles. The Bertz CT molecular complexity index is 1210. The fourth-order valence-electron chi connectivity index (χ4n) is 7.43. The zero-order valence-electron chi connectivity index (χ0n) is 42.0. The van der Waals surface area contributed by atoms with Crippen molar-refractivity contribution in [2.24, 2.45) is 0 Å². The summed E-state index contributed by atoms with van der Waals surface area (Å²) in [4.78, 5) is 38.0. The average molecular weight is 893 g/mol. The topological polar surface area (TPSA) is 78.9 Å². The quantitative estimate of drug-likeness (QED) is 0.0262. The molecule has 0 aliphatic heterocycles. The predicted octanol–water partition coefficient (Wildman–Crippen LogP) is 17.8. The molecule has 0 saturated heterocycles. The van der Waals surface area contributed by atoms with E-state index >= 15 is 0 Å². The van der Waals surface area contributed by atoms with Gasteiger partial charge in [-0.25, -0.2) is 0 Å². The lowest BCUT2D eigenvalue weighted by molar-refractivity contribution is -0.166. The minimum atomic E-state index is -0.812. The highest BCUT2D eigenvalue weighted by Gasteiger charge is 2.19. The Morgan fingerprint density at radius 2 is 0.641 bits per heavy atom. The number of carbonyl (C=O) groups is 3. The molecule has 0 radical (unpaired) electrons. The molecule has 6 heteroatoms. The Morgan fingerprint density at radius 1 is 0.328 bits per heavy atom. The third-order valence-corrected chi connectivity index (χ3v) is 11.5. The van der Waals surface area contributed by atoms with Gasteiger partial charge < -0.3 is 14.2 Å². The van der Waals surface area contributed by atoms with Gasteiger partial charge in [-0.15, -0.1) is 0 Å². The Kier molecular flexibility index (Phi) is 49.9. The van der Waals surface area contributed by atoms with Crippen molar-refractivity contribution in [3.8, 4) is 0 Å². The van der Waals surface area contributed by atoms with Crippen molar-refractivity contribution in [2.75, 3.05) is 13.2 Å². The molecule has 0 rings (SSSR count). The Labute approximate surface area is 395 Å². The molecule has 0 aliphatic rings. The molecular formula is C58H100O6. The van der Waals surface area contributed by atoms with Crippen LogP contribution in [-0.4, -0.2) is 37.2 Å². The van der Waals surface area contributed by atoms with Gasteiger partial charge in [0, 0.05) is 19.3 Å². The number of hydrogen-bond donors (Lipinski definition) is 0. The molecule has 0 heterocycles. The van der Waals surface area contributed by atoms with Gasteiger partial charge in [0.15, 0.2) is 6.10 Å². The lowest BCUT2D eigenvalue weighted by Crippen LogP contribution is -2.30. The van der Waals surface area contributed by atoms with E-state index in [0.717, 1.165) is 83.5 Å². The summed E-state index contributed by atoms with van der Waals surface area (Å²) in [6.07, 6.45) is 66.2. The maximum atomic E-state index is 12.8. The zero-order valence-corrected chi connectivity index (χ0v) is 42.0. The molecule has 64 heavy (non-hydrogen) atoms. The second-order valence-corrected chi connectivity index (χ2v) is 17.8. The second-order valence-electron chi connectivity index (χ2n) is 17.8. The number of ether oxygens (including phenoxy) is 3. The van der Waals surface area contributed by atoms with E-state index < -0.39 is 6.10 Å². The summed E-state index contributed by atoms with van der Waals surface area (Å²) >= 11 is 0. The summed E-state index contributed by atoms with van der Waals surface area (Å²) in [5, 5.41) is 0. The van der Waals surface area contributed by atoms with Crippen molar-refractivity contribution in [3.05, 3.63) is 72.9 Å². The molecule has 0 bridgehead atoms. The Morgan fingerprint density at radius 3 is 1.06 bits per heavy atom. The first-order valence-electron chi connectivity index (χ1n) is 26.9. The smallest absolute Gasteiger partial charge is 0.306 e. The monoisotopic (exact) mass is 893 g/mol. The van der Waals surface area contributed by atoms with Crippen LogP contribution in [0.1, 0.15) is 258 Å². The third-order valence-electron chi connectivity index (χ3n) is 11.5. The average Bonchev–Trinajstić information content (AvgIpc) is 3.29. The van der Waals surface area contributed by atoms with Crippen LogP contribution in [0.3, 0.4) is 0 Å². The van der Waals surface area contributed by atoms with Crippen molar-refractivity contribution in [3.63, 3.8) is 0 Å². The van der Waals surface area contributed by atoms with Crippen molar-refractivity contribution in [2.45, 2.75) is 264 Å². The SMILES string of the molecule is CC/C=C/C/C=C/C/C=C/C/C=C/CCCCCC(=O)OC(COC(=O)CC/C=C/C/C=C/CCCCCCCC)COC(=O)CCCCCCCCCCCCCCCCCCC. The van der Waals surface area contributed by atoms with Gasteiger partial charge in [-0.1, -0.05) is 235 Å². The molecule has 0 N–H and O–H groups in total. The molecule has 0 aliphatic carbocycles. The van der Waals surface area contributed by atoms with Crippen LogP contribution in [-0.2, 0) is 28.6 Å². The van der Waals surface area contributed by atoms with E-state index in [1.54, 1.807) is 0 Å². The lowest BCUT2D eigenvalue weighted by atomic mass is 10.0. The minimum Gasteiger partial charge on any atom is -0.462 e. The highest BCUT2D eigenvalue weighted by Crippen LogP contribution is 2.15. The summed E-state index contributed by atoms with van der Waals surface area (Å²) in [5.41, 5.74) is 0. The normalized spacial score (nSPS) is 12.6. The number of hydrogen-bond acceptors (Lipinski definition) is 6. The van der Waals surface area contributed by atoms with E-state index in [2.05, 4.69) is 87.6 Å². The van der Waals surface area contributed by atoms with Gasteiger partial charge in [-0.2, -0.15) is 0 Å². The molecule has 0 fully saturated rings. The van der Waals surface area contributed by atoms with E-state index in [0.29, 0.717) is 12.8 Å². The first-order valence-corrected chi connectivity index (χ1v) is 26.9. The summed E-state index contributed by atoms with van der Waals surface area (Å²) < 4.78 is 16.7. The van der Waals surface area contributed by atoms with Gasteiger partial charge in [-0.05, 0) is 77.0 Å². The number of carbonyl (C=O) groups excluding carboxylic acids is 3. The molecule has 0 amide bonds. The van der Waals surface area contributed by atoms with Crippen LogP contribution in [0.4, 0.5) is 0 Å². The largest absolute Gasteiger partial charge is 0.462 e. The minimum absolute atomic E-state index is 0.104. The summed E-state index contributed by atoms with van der Waals surface area (Å²) in [5.74, 6) is -1.00. The van der Waals surface area contributed by atoms with Gasteiger partial charge in [0.05, 0.1) is 0 Å². The maximum Gasteiger partial charge on any atom is 0.306 e. The Balaban J connectivity index is 4.46. The van der Waals surface area contributed by atoms with E-state index in [9.17, 15) is 14.4 Å². The predicted molar refractivity (Wildman–Crippen MR) is 274 cm³/mol. The molecule has 1 unspecified atom stereocenters. The fourth-order valence-corrected chi connectivity index (χ4v) is 7.43. The summed E-state index contributed by atoms with van der Waals surface area (Å²) in [7, 11) is 0. The first kappa shape index (κ1) is 60.9. The molecule has 6 nitrogen and oxygen atoms in total. The summed E-state index contributed by atoms with van der Waals surface area (Å²) in [6.45, 7) is 6.45. The highest BCUT2D eigenvalue weighted by molar-refractivity contribution is 5.71. The van der Waals surface area contributed by atoms with Gasteiger partial charge >= 0.3 is 17.9 Å². The molecule has 368 valence electrons. The van der Waals surface area contributed by atoms with Crippen molar-refractivity contribution in [1.82, 2.24) is 0 Å². The number of rotatable bonds is 48. The molecule has 0 aromatic rings. The molecule has 0 aromatic carbocycles. The van der Waals surface area contributed by atoms with E-state index in [-0.39, 0.29) is 44.0 Å². The molecule has 1 atom stereocenters. The second kappa shape index (κ2) is 52.5. The lowest BCUT2D eigenvalue weighted by Gasteiger charge is -2.18. The number of esters is 3. The van der Waals surface area contributed by atoms with Crippen molar-refractivity contribution in [1.29, 1.82) is 0 Å². The van der Waals surface area contributed by atoms with E-state index in [1.165, 1.54) is 128 Å². The highest BCUT2D eigenvalue weighted by atomic mass is 16.6. The van der Waals surface area contributed by atoms with Gasteiger partial charge in [-0.3, -0.25) is 14.4 Å². The fraction of sp³-hybridized carbons (Fsp3) is 0.741. The van der Waals surface area contributed by atoms with E-state index in [4.69, 9.17) is 14.2 Å². The van der Waals surface area contributed by atoms with Crippen LogP contribution >= 0.6 is 0 Å². The van der Waals surface area contributed by atoms with Crippen LogP contribution in [0.25, 0.3) is 0 Å². The van der Waals surface area contributed by atoms with Gasteiger partial charge in [0.2, 0.25) is 0 Å². The maximum absolute atomic E-state index is 12.8. The molecule has 0 aromatic heterocycles. The van der Waals surface area contributed by atoms with Crippen molar-refractivity contribution >= 4 is 17.9 Å². The summed E-state index contributed by atoms with van der Waals surface area (Å²) in [6, 6.07) is 0. The first-order chi connectivity index (χ1) is 31.5. The third kappa shape index (κ3) is 49.9. The van der Waals surface area contributed by atoms with E-state index in [1.807, 2.05) is 6.08 Å². The van der Waals surface area contributed by atoms with Crippen LogP contribution < -0.4 is 0 Å². The standard InChI is InChI=1S/C58H100O6/c1-4-7-10-13-16-19-22-25-27-29-31-33-36-39-42-45-48-51-57(60)63-54-55(53-62-56(59)50-47-44-41-38-35-32-24-21-18-15-12-9-6-3)64-58(61)52-49-46-43-40-37-34-30-28-26-23-20-17-14-11-8-5-2/h8,11,17,20,26,28,32,34-35,37,41,44,55H,4-7,9-10,12-16,18-19,21-25,27,29-31,33,36,38-40,42-43,45-54H2,1-3H3/b11-8+,20-17+,28-26+,35-32+,37-34+,44-41+. The number of unbranched alkanes of at least 4 members (excludes halogenated alkanes) is 25. The van der Waals surface area contributed by atoms with Crippen LogP contribution in [0.15, 0.2) is 72.9 Å². The number of allylic oxidation sites excluding steroid dienone is 12. The Hall–Kier alpha value is -3.15.